The van der Waals surface area contributed by atoms with E-state index in [0.29, 0.717) is 41.7 Å². The standard InChI is InChI=1S/C19H28F2NOP.C16H22N2O.C2H5N.C2H6/c1-4-15-16(18(23)5-2)9-14(10-17(15)19(20,21)24)12(3)22-11-13-7-6-8-13;1-3-14(17)16(13-8-19-9-13)12-6-10(2)18-15(7-12)11-4-5-11;1-2-3;1-2/h9-10,12-13,22H,4-8,11,24H2,1-3H3;6-7,11,13,16-17H,3-5,8-9H2,1-2H3;2-3H,1H3;1-2H3. The molecule has 3 N–H and O–H groups in total. The molecule has 0 amide bonds. The average molecular weight is 687 g/mol. The van der Waals surface area contributed by atoms with E-state index >= 15 is 0 Å². The first-order valence-electron chi connectivity index (χ1n) is 18.1. The normalized spacial score (nSPS) is 17.1. The smallest absolute Gasteiger partial charge is 0.284 e. The van der Waals surface area contributed by atoms with Crippen molar-refractivity contribution in [2.45, 2.75) is 130 Å². The van der Waals surface area contributed by atoms with Gasteiger partial charge in [-0.25, -0.2) is 0 Å². The summed E-state index contributed by atoms with van der Waals surface area (Å²) in [6.07, 6.45) is 9.13. The Morgan fingerprint density at radius 2 is 1.71 bits per heavy atom. The molecule has 1 aromatic carbocycles. The maximum absolute atomic E-state index is 14.1. The second-order valence-corrected chi connectivity index (χ2v) is 13.7. The van der Waals surface area contributed by atoms with Gasteiger partial charge in [0, 0.05) is 58.4 Å². The average Bonchev–Trinajstić information content (AvgIpc) is 3.87. The van der Waals surface area contributed by atoms with Crippen molar-refractivity contribution in [1.82, 2.24) is 10.3 Å². The molecule has 3 fully saturated rings. The lowest BCUT2D eigenvalue weighted by molar-refractivity contribution is -0.0359. The number of ether oxygens (including phenoxy) is 1. The molecule has 0 spiro atoms. The van der Waals surface area contributed by atoms with Crippen molar-refractivity contribution in [3.8, 4) is 0 Å². The number of aryl methyl sites for hydroxylation is 1. The van der Waals surface area contributed by atoms with Gasteiger partial charge < -0.3 is 20.9 Å². The number of nitrogens with zero attached hydrogens (tertiary/aromatic N) is 1. The molecular weight excluding hydrogens is 625 g/mol. The molecule has 268 valence electrons. The van der Waals surface area contributed by atoms with E-state index in [1.54, 1.807) is 29.2 Å². The Morgan fingerprint density at radius 3 is 2.15 bits per heavy atom. The topological polar surface area (TPSA) is 98.9 Å². The van der Waals surface area contributed by atoms with Crippen molar-refractivity contribution < 1.29 is 18.3 Å². The van der Waals surface area contributed by atoms with Crippen LogP contribution in [0.4, 0.5) is 8.78 Å². The first-order valence-corrected chi connectivity index (χ1v) is 18.6. The summed E-state index contributed by atoms with van der Waals surface area (Å²) in [5, 5.41) is 17.8. The van der Waals surface area contributed by atoms with Crippen molar-refractivity contribution in [2.75, 3.05) is 19.8 Å². The molecule has 2 heterocycles. The second kappa shape index (κ2) is 20.3. The van der Waals surface area contributed by atoms with Crippen LogP contribution in [0.3, 0.4) is 0 Å². The number of hydrogen-bond donors (Lipinski definition) is 3. The second-order valence-electron chi connectivity index (χ2n) is 13.0. The predicted octanol–water partition coefficient (Wildman–Crippen LogP) is 10.3. The van der Waals surface area contributed by atoms with E-state index < -0.39 is 5.66 Å². The number of nitrogens with one attached hydrogen (secondary N) is 3. The van der Waals surface area contributed by atoms with Gasteiger partial charge >= 0.3 is 0 Å². The van der Waals surface area contributed by atoms with Crippen LogP contribution in [0.1, 0.15) is 155 Å². The highest BCUT2D eigenvalue weighted by atomic mass is 31.0. The molecule has 48 heavy (non-hydrogen) atoms. The van der Waals surface area contributed by atoms with Gasteiger partial charge in [0.05, 0.1) is 13.2 Å². The van der Waals surface area contributed by atoms with E-state index in [-0.39, 0.29) is 23.3 Å². The molecule has 0 bridgehead atoms. The molecule has 3 unspecified atom stereocenters. The molecule has 5 rings (SSSR count). The zero-order valence-corrected chi connectivity index (χ0v) is 31.8. The van der Waals surface area contributed by atoms with Gasteiger partial charge in [0.1, 0.15) is 0 Å². The number of benzene rings is 1. The quantitative estimate of drug-likeness (QED) is 0.111. The number of carbonyl (C=O) groups excluding carboxylic acids is 1. The van der Waals surface area contributed by atoms with Crippen LogP contribution >= 0.6 is 9.24 Å². The van der Waals surface area contributed by atoms with Gasteiger partial charge in [0.2, 0.25) is 0 Å². The van der Waals surface area contributed by atoms with Gasteiger partial charge in [-0.3, -0.25) is 9.78 Å². The number of hydrogen-bond acceptors (Lipinski definition) is 6. The van der Waals surface area contributed by atoms with Gasteiger partial charge in [0.15, 0.2) is 5.78 Å². The molecule has 6 nitrogen and oxygen atoms in total. The predicted molar refractivity (Wildman–Crippen MR) is 200 cm³/mol. The number of halogens is 2. The van der Waals surface area contributed by atoms with Gasteiger partial charge in [0.25, 0.3) is 5.66 Å². The first-order chi connectivity index (χ1) is 22.9. The lowest BCUT2D eigenvalue weighted by Gasteiger charge is -2.34. The number of ketones is 1. The molecule has 1 saturated heterocycles. The van der Waals surface area contributed by atoms with Crippen molar-refractivity contribution in [3.63, 3.8) is 0 Å². The Kier molecular flexibility index (Phi) is 17.7. The van der Waals surface area contributed by atoms with Gasteiger partial charge in [-0.15, -0.1) is 0 Å². The maximum Gasteiger partial charge on any atom is 0.284 e. The van der Waals surface area contributed by atoms with Gasteiger partial charge in [-0.2, -0.15) is 8.78 Å². The molecular formula is C39H61F2N4O2P. The lowest BCUT2D eigenvalue weighted by atomic mass is 9.80. The van der Waals surface area contributed by atoms with E-state index in [9.17, 15) is 13.6 Å². The highest BCUT2D eigenvalue weighted by molar-refractivity contribution is 7.17. The number of rotatable bonds is 13. The van der Waals surface area contributed by atoms with Crippen LogP contribution in [0.15, 0.2) is 24.3 Å². The Bertz CT molecular complexity index is 1330. The number of carbonyl (C=O) groups is 1. The van der Waals surface area contributed by atoms with E-state index in [4.69, 9.17) is 15.6 Å². The van der Waals surface area contributed by atoms with E-state index in [1.165, 1.54) is 49.6 Å². The number of Topliss-reactive ketones (excluding diaryl/α,β-unsaturated/α-hetero) is 1. The van der Waals surface area contributed by atoms with Crippen LogP contribution < -0.4 is 5.32 Å². The Balaban J connectivity index is 0.000000299. The summed E-state index contributed by atoms with van der Waals surface area (Å²) >= 11 is 0. The Morgan fingerprint density at radius 1 is 1.08 bits per heavy atom. The monoisotopic (exact) mass is 686 g/mol. The van der Waals surface area contributed by atoms with Crippen molar-refractivity contribution >= 4 is 26.9 Å². The third-order valence-corrected chi connectivity index (χ3v) is 9.60. The van der Waals surface area contributed by atoms with Crippen molar-refractivity contribution in [1.29, 1.82) is 10.8 Å². The van der Waals surface area contributed by atoms with Crippen LogP contribution in [0.25, 0.3) is 0 Å². The third kappa shape index (κ3) is 11.9. The van der Waals surface area contributed by atoms with Crippen LogP contribution in [0.5, 0.6) is 0 Å². The molecule has 1 aliphatic heterocycles. The molecule has 2 aromatic rings. The van der Waals surface area contributed by atoms with Gasteiger partial charge in [-0.05, 0) is 119 Å². The fourth-order valence-electron chi connectivity index (χ4n) is 6.13. The molecule has 3 atom stereocenters. The summed E-state index contributed by atoms with van der Waals surface area (Å²) in [5.74, 6) is 2.02. The fraction of sp³-hybridized carbons (Fsp3) is 0.641. The Labute approximate surface area is 291 Å². The van der Waals surface area contributed by atoms with Crippen molar-refractivity contribution in [3.05, 3.63) is 63.5 Å². The summed E-state index contributed by atoms with van der Waals surface area (Å²) in [6, 6.07) is 7.74. The minimum Gasteiger partial charge on any atom is -0.381 e. The maximum atomic E-state index is 14.1. The summed E-state index contributed by atoms with van der Waals surface area (Å²) in [6.45, 7) is 17.9. The summed E-state index contributed by atoms with van der Waals surface area (Å²) in [4.78, 5) is 17.0. The van der Waals surface area contributed by atoms with Crippen molar-refractivity contribution in [2.24, 2.45) is 11.8 Å². The molecule has 2 saturated carbocycles. The van der Waals surface area contributed by atoms with Gasteiger partial charge in [-0.1, -0.05) is 50.3 Å². The highest BCUT2D eigenvalue weighted by Gasteiger charge is 2.34. The summed E-state index contributed by atoms with van der Waals surface area (Å²) < 4.78 is 33.5. The number of pyridine rings is 1. The van der Waals surface area contributed by atoms with Crippen LogP contribution in [0, 0.1) is 29.6 Å². The summed E-state index contributed by atoms with van der Waals surface area (Å²) in [7, 11) is 1.61. The molecule has 0 radical (unpaired) electrons. The lowest BCUT2D eigenvalue weighted by Crippen LogP contribution is -2.36. The van der Waals surface area contributed by atoms with E-state index in [2.05, 4.69) is 36.3 Å². The highest BCUT2D eigenvalue weighted by Crippen LogP contribution is 2.42. The van der Waals surface area contributed by atoms with E-state index in [0.717, 1.165) is 43.1 Å². The summed E-state index contributed by atoms with van der Waals surface area (Å²) in [5.41, 5.74) is 3.07. The molecule has 3 aliphatic rings. The first kappa shape index (κ1) is 41.8. The van der Waals surface area contributed by atoms with Crippen LogP contribution in [0.2, 0.25) is 0 Å². The SMILES string of the molecule is CC.CC=N.CCC(=N)C(c1cc(C)nc(C2CC2)c1)C1COC1.CCC(=O)c1cc(C(C)NCC2CCC2)cc(C(F)(F)P)c1CC. The molecule has 2 aliphatic carbocycles. The Hall–Kier alpha value is -2.41. The van der Waals surface area contributed by atoms with Crippen LogP contribution in [-0.4, -0.2) is 42.5 Å². The largest absolute Gasteiger partial charge is 0.381 e. The molecule has 9 heteroatoms. The number of alkyl halides is 2. The van der Waals surface area contributed by atoms with E-state index in [1.807, 2.05) is 33.8 Å². The minimum absolute atomic E-state index is 0.0402. The fourth-order valence-corrected chi connectivity index (χ4v) is 6.39. The zero-order chi connectivity index (χ0) is 36.0. The minimum atomic E-state index is -3.03. The van der Waals surface area contributed by atoms with Crippen LogP contribution in [-0.2, 0) is 16.8 Å². The molecule has 1 aromatic heterocycles. The zero-order valence-electron chi connectivity index (χ0n) is 30.6. The third-order valence-electron chi connectivity index (χ3n) is 9.29. The number of aromatic nitrogens is 1.